The Hall–Kier alpha value is -1.98. The normalized spacial score (nSPS) is 11.4. The fourth-order valence-electron chi connectivity index (χ4n) is 2.11. The van der Waals surface area contributed by atoms with Crippen molar-refractivity contribution in [2.75, 3.05) is 0 Å². The molecule has 0 atom stereocenters. The molecular formula is C13H7ClN4S. The first-order chi connectivity index (χ1) is 9.33. The largest absolute Gasteiger partial charge is 0.280 e. The summed E-state index contributed by atoms with van der Waals surface area (Å²) in [6.45, 7) is 0. The van der Waals surface area contributed by atoms with E-state index in [0.29, 0.717) is 10.8 Å². The third-order valence-corrected chi connectivity index (χ3v) is 4.14. The molecule has 0 saturated heterocycles. The molecule has 19 heavy (non-hydrogen) atoms. The molecule has 0 radical (unpaired) electrons. The second kappa shape index (κ2) is 4.01. The lowest BCUT2D eigenvalue weighted by atomic mass is 10.1. The molecule has 3 heterocycles. The van der Waals surface area contributed by atoms with Gasteiger partial charge in [0.15, 0.2) is 16.6 Å². The van der Waals surface area contributed by atoms with Crippen molar-refractivity contribution in [3.05, 3.63) is 47.2 Å². The van der Waals surface area contributed by atoms with Gasteiger partial charge in [-0.2, -0.15) is 0 Å². The van der Waals surface area contributed by atoms with Gasteiger partial charge >= 0.3 is 0 Å². The SMILES string of the molecule is Clc1nnc(-c2ccc3sccc3c2)n2ccnc12. The lowest BCUT2D eigenvalue weighted by Gasteiger charge is -2.04. The van der Waals surface area contributed by atoms with Crippen LogP contribution in [-0.4, -0.2) is 19.6 Å². The molecule has 6 heteroatoms. The number of hydrogen-bond acceptors (Lipinski definition) is 4. The van der Waals surface area contributed by atoms with E-state index in [0.717, 1.165) is 11.4 Å². The highest BCUT2D eigenvalue weighted by atomic mass is 35.5. The molecule has 4 rings (SSSR count). The van der Waals surface area contributed by atoms with Gasteiger partial charge in [-0.25, -0.2) is 4.98 Å². The van der Waals surface area contributed by atoms with Crippen LogP contribution in [0.1, 0.15) is 0 Å². The minimum Gasteiger partial charge on any atom is -0.280 e. The summed E-state index contributed by atoms with van der Waals surface area (Å²) in [4.78, 5) is 4.19. The zero-order chi connectivity index (χ0) is 12.8. The van der Waals surface area contributed by atoms with Gasteiger partial charge in [-0.3, -0.25) is 4.40 Å². The Labute approximate surface area is 117 Å². The van der Waals surface area contributed by atoms with Crippen LogP contribution in [0, 0.1) is 0 Å². The van der Waals surface area contributed by atoms with Gasteiger partial charge in [-0.1, -0.05) is 11.6 Å². The van der Waals surface area contributed by atoms with Crippen molar-refractivity contribution in [1.82, 2.24) is 19.6 Å². The Bertz CT molecular complexity index is 896. The smallest absolute Gasteiger partial charge is 0.195 e. The van der Waals surface area contributed by atoms with E-state index in [-0.39, 0.29) is 0 Å². The molecule has 0 unspecified atom stereocenters. The van der Waals surface area contributed by atoms with Crippen molar-refractivity contribution in [2.45, 2.75) is 0 Å². The minimum absolute atomic E-state index is 0.311. The van der Waals surface area contributed by atoms with E-state index < -0.39 is 0 Å². The van der Waals surface area contributed by atoms with Crippen LogP contribution in [0.4, 0.5) is 0 Å². The lowest BCUT2D eigenvalue weighted by molar-refractivity contribution is 0.958. The fourth-order valence-corrected chi connectivity index (χ4v) is 3.06. The molecule has 0 N–H and O–H groups in total. The quantitative estimate of drug-likeness (QED) is 0.536. The van der Waals surface area contributed by atoms with Crippen LogP contribution in [0.2, 0.25) is 5.15 Å². The predicted molar refractivity (Wildman–Crippen MR) is 76.6 cm³/mol. The molecule has 0 amide bonds. The summed E-state index contributed by atoms with van der Waals surface area (Å²) >= 11 is 7.70. The molecule has 1 aromatic carbocycles. The van der Waals surface area contributed by atoms with Gasteiger partial charge in [0.25, 0.3) is 0 Å². The number of thiophene rings is 1. The van der Waals surface area contributed by atoms with E-state index in [2.05, 4.69) is 38.8 Å². The second-order valence-electron chi connectivity index (χ2n) is 4.11. The topological polar surface area (TPSA) is 43.1 Å². The average molecular weight is 287 g/mol. The van der Waals surface area contributed by atoms with E-state index in [1.54, 1.807) is 17.5 Å². The molecule has 0 bridgehead atoms. The number of imidazole rings is 1. The molecule has 4 aromatic rings. The molecule has 0 aliphatic carbocycles. The van der Waals surface area contributed by atoms with Gasteiger partial charge in [-0.15, -0.1) is 21.5 Å². The lowest BCUT2D eigenvalue weighted by Crippen LogP contribution is -1.98. The summed E-state index contributed by atoms with van der Waals surface area (Å²) in [6.07, 6.45) is 3.53. The fraction of sp³-hybridized carbons (Fsp3) is 0. The molecule has 0 fully saturated rings. The molecule has 0 aliphatic rings. The van der Waals surface area contributed by atoms with Crippen LogP contribution in [0.15, 0.2) is 42.0 Å². The summed E-state index contributed by atoms with van der Waals surface area (Å²) in [5.74, 6) is 0.741. The maximum atomic E-state index is 5.98. The van der Waals surface area contributed by atoms with Crippen molar-refractivity contribution in [1.29, 1.82) is 0 Å². The van der Waals surface area contributed by atoms with Crippen LogP contribution in [0.3, 0.4) is 0 Å². The summed E-state index contributed by atoms with van der Waals surface area (Å²) in [7, 11) is 0. The van der Waals surface area contributed by atoms with Crippen molar-refractivity contribution >= 4 is 38.7 Å². The number of rotatable bonds is 1. The summed E-state index contributed by atoms with van der Waals surface area (Å²) in [5.41, 5.74) is 1.62. The van der Waals surface area contributed by atoms with E-state index in [1.807, 2.05) is 16.7 Å². The maximum Gasteiger partial charge on any atom is 0.195 e. The zero-order valence-electron chi connectivity index (χ0n) is 9.62. The Morgan fingerprint density at radius 2 is 2.11 bits per heavy atom. The molecule has 4 nitrogen and oxygen atoms in total. The number of benzene rings is 1. The van der Waals surface area contributed by atoms with Crippen LogP contribution < -0.4 is 0 Å². The Morgan fingerprint density at radius 1 is 1.16 bits per heavy atom. The number of nitrogens with zero attached hydrogens (tertiary/aromatic N) is 4. The molecular weight excluding hydrogens is 280 g/mol. The number of fused-ring (bicyclic) bond motifs is 2. The van der Waals surface area contributed by atoms with Gasteiger partial charge in [0, 0.05) is 22.7 Å². The van der Waals surface area contributed by atoms with Crippen LogP contribution in [0.5, 0.6) is 0 Å². The van der Waals surface area contributed by atoms with Gasteiger partial charge in [0.1, 0.15) is 0 Å². The first-order valence-electron chi connectivity index (χ1n) is 5.66. The minimum atomic E-state index is 0.311. The third-order valence-electron chi connectivity index (χ3n) is 3.00. The van der Waals surface area contributed by atoms with Gasteiger partial charge < -0.3 is 0 Å². The highest BCUT2D eigenvalue weighted by Gasteiger charge is 2.10. The summed E-state index contributed by atoms with van der Waals surface area (Å²) in [5, 5.41) is 11.7. The molecule has 92 valence electrons. The monoisotopic (exact) mass is 286 g/mol. The van der Waals surface area contributed by atoms with E-state index in [4.69, 9.17) is 11.6 Å². The third kappa shape index (κ3) is 1.63. The van der Waals surface area contributed by atoms with Crippen molar-refractivity contribution in [3.8, 4) is 11.4 Å². The zero-order valence-corrected chi connectivity index (χ0v) is 11.2. The van der Waals surface area contributed by atoms with E-state index in [1.165, 1.54) is 10.1 Å². The Balaban J connectivity index is 2.03. The number of hydrogen-bond donors (Lipinski definition) is 0. The van der Waals surface area contributed by atoms with Gasteiger partial charge in [0.05, 0.1) is 0 Å². The Morgan fingerprint density at radius 3 is 3.05 bits per heavy atom. The van der Waals surface area contributed by atoms with Crippen LogP contribution in [0.25, 0.3) is 27.1 Å². The second-order valence-corrected chi connectivity index (χ2v) is 5.41. The highest BCUT2D eigenvalue weighted by molar-refractivity contribution is 7.17. The van der Waals surface area contributed by atoms with Gasteiger partial charge in [0.2, 0.25) is 0 Å². The maximum absolute atomic E-state index is 5.98. The average Bonchev–Trinajstić information content (AvgIpc) is 3.07. The summed E-state index contributed by atoms with van der Waals surface area (Å²) < 4.78 is 3.11. The standard InChI is InChI=1S/C13H7ClN4S/c14-11-13-15-4-5-18(13)12(17-16-11)9-1-2-10-8(7-9)3-6-19-10/h1-7H. The highest BCUT2D eigenvalue weighted by Crippen LogP contribution is 2.27. The van der Waals surface area contributed by atoms with Crippen LogP contribution in [-0.2, 0) is 0 Å². The molecule has 0 saturated carbocycles. The first kappa shape index (κ1) is 10.9. The first-order valence-corrected chi connectivity index (χ1v) is 6.91. The number of halogens is 1. The predicted octanol–water partition coefficient (Wildman–Crippen LogP) is 3.66. The van der Waals surface area contributed by atoms with Crippen LogP contribution >= 0.6 is 22.9 Å². The van der Waals surface area contributed by atoms with Crippen molar-refractivity contribution in [3.63, 3.8) is 0 Å². The summed E-state index contributed by atoms with van der Waals surface area (Å²) in [6, 6.07) is 8.33. The molecule has 3 aromatic heterocycles. The van der Waals surface area contributed by atoms with E-state index in [9.17, 15) is 0 Å². The van der Waals surface area contributed by atoms with Gasteiger partial charge in [-0.05, 0) is 35.0 Å². The van der Waals surface area contributed by atoms with Crippen molar-refractivity contribution in [2.24, 2.45) is 0 Å². The number of aromatic nitrogens is 4. The molecule has 0 spiro atoms. The van der Waals surface area contributed by atoms with E-state index >= 15 is 0 Å². The molecule has 0 aliphatic heterocycles. The van der Waals surface area contributed by atoms with Crippen molar-refractivity contribution < 1.29 is 0 Å². The Kier molecular flexibility index (Phi) is 2.30.